The lowest BCUT2D eigenvalue weighted by Crippen LogP contribution is -2.28. The maximum absolute atomic E-state index is 13.4. The third-order valence-electron chi connectivity index (χ3n) is 2.10. The van der Waals surface area contributed by atoms with Crippen molar-refractivity contribution < 1.29 is 13.9 Å². The van der Waals surface area contributed by atoms with Crippen LogP contribution in [0.2, 0.25) is 0 Å². The molecule has 0 spiro atoms. The van der Waals surface area contributed by atoms with Gasteiger partial charge >= 0.3 is 5.97 Å². The molecule has 0 saturated heterocycles. The molecular formula is C12H13FN2O2. The van der Waals surface area contributed by atoms with Gasteiger partial charge in [-0.15, -0.1) is 0 Å². The Labute approximate surface area is 99.0 Å². The number of hydrogen-bond acceptors (Lipinski definition) is 4. The van der Waals surface area contributed by atoms with E-state index in [1.54, 1.807) is 19.1 Å². The number of nitrogens with one attached hydrogen (secondary N) is 1. The predicted octanol–water partition coefficient (Wildman–Crippen LogP) is 1.54. The van der Waals surface area contributed by atoms with Crippen LogP contribution in [0.4, 0.5) is 4.39 Å². The lowest BCUT2D eigenvalue weighted by molar-refractivity contribution is -0.142. The van der Waals surface area contributed by atoms with Crippen molar-refractivity contribution in [3.05, 3.63) is 35.6 Å². The average Bonchev–Trinajstić information content (AvgIpc) is 2.32. The van der Waals surface area contributed by atoms with Gasteiger partial charge in [-0.2, -0.15) is 5.26 Å². The lowest BCUT2D eigenvalue weighted by atomic mass is 10.1. The molecule has 1 atom stereocenters. The van der Waals surface area contributed by atoms with Gasteiger partial charge in [0.1, 0.15) is 11.9 Å². The molecule has 0 bridgehead atoms. The SMILES string of the molecule is CCOC(=O)CNC(C#N)c1ccccc1F. The molecule has 1 aromatic carbocycles. The smallest absolute Gasteiger partial charge is 0.319 e. The zero-order valence-corrected chi connectivity index (χ0v) is 9.44. The van der Waals surface area contributed by atoms with Gasteiger partial charge in [-0.25, -0.2) is 4.39 Å². The Balaban J connectivity index is 2.65. The summed E-state index contributed by atoms with van der Waals surface area (Å²) < 4.78 is 18.1. The highest BCUT2D eigenvalue weighted by molar-refractivity contribution is 5.71. The van der Waals surface area contributed by atoms with E-state index in [1.165, 1.54) is 12.1 Å². The van der Waals surface area contributed by atoms with E-state index < -0.39 is 17.8 Å². The zero-order valence-electron chi connectivity index (χ0n) is 9.44. The highest BCUT2D eigenvalue weighted by atomic mass is 19.1. The lowest BCUT2D eigenvalue weighted by Gasteiger charge is -2.11. The molecule has 0 amide bonds. The third-order valence-corrected chi connectivity index (χ3v) is 2.10. The van der Waals surface area contributed by atoms with E-state index in [1.807, 2.05) is 6.07 Å². The summed E-state index contributed by atoms with van der Waals surface area (Å²) in [5, 5.41) is 11.6. The second-order valence-corrected chi connectivity index (χ2v) is 3.27. The van der Waals surface area contributed by atoms with Gasteiger partial charge in [-0.05, 0) is 13.0 Å². The topological polar surface area (TPSA) is 62.1 Å². The Morgan fingerprint density at radius 3 is 2.88 bits per heavy atom. The molecule has 1 unspecified atom stereocenters. The van der Waals surface area contributed by atoms with Crippen molar-refractivity contribution >= 4 is 5.97 Å². The summed E-state index contributed by atoms with van der Waals surface area (Å²) in [6.45, 7) is 1.84. The van der Waals surface area contributed by atoms with E-state index >= 15 is 0 Å². The number of nitriles is 1. The zero-order chi connectivity index (χ0) is 12.7. The van der Waals surface area contributed by atoms with Gasteiger partial charge in [0.05, 0.1) is 19.2 Å². The molecule has 1 aromatic rings. The van der Waals surface area contributed by atoms with E-state index in [9.17, 15) is 9.18 Å². The molecule has 0 saturated carbocycles. The molecule has 0 aliphatic heterocycles. The number of nitrogens with zero attached hydrogens (tertiary/aromatic N) is 1. The summed E-state index contributed by atoms with van der Waals surface area (Å²) >= 11 is 0. The van der Waals surface area contributed by atoms with Crippen molar-refractivity contribution in [2.75, 3.05) is 13.2 Å². The van der Waals surface area contributed by atoms with Crippen LogP contribution in [0.15, 0.2) is 24.3 Å². The summed E-state index contributed by atoms with van der Waals surface area (Å²) in [5.41, 5.74) is 0.222. The normalized spacial score (nSPS) is 11.6. The fourth-order valence-corrected chi connectivity index (χ4v) is 1.33. The number of esters is 1. The van der Waals surface area contributed by atoms with Crippen LogP contribution in [-0.2, 0) is 9.53 Å². The second-order valence-electron chi connectivity index (χ2n) is 3.27. The number of hydrogen-bond donors (Lipinski definition) is 1. The monoisotopic (exact) mass is 236 g/mol. The minimum Gasteiger partial charge on any atom is -0.465 e. The highest BCUT2D eigenvalue weighted by Gasteiger charge is 2.15. The fraction of sp³-hybridized carbons (Fsp3) is 0.333. The Morgan fingerprint density at radius 1 is 1.59 bits per heavy atom. The number of halogens is 1. The van der Waals surface area contributed by atoms with Crippen molar-refractivity contribution in [1.29, 1.82) is 5.26 Å². The first-order valence-corrected chi connectivity index (χ1v) is 5.22. The van der Waals surface area contributed by atoms with Crippen LogP contribution in [0.25, 0.3) is 0 Å². The average molecular weight is 236 g/mol. The molecule has 1 rings (SSSR count). The molecule has 4 nitrogen and oxygen atoms in total. The summed E-state index contributed by atoms with van der Waals surface area (Å²) in [6.07, 6.45) is 0. The van der Waals surface area contributed by atoms with Crippen molar-refractivity contribution in [2.45, 2.75) is 13.0 Å². The molecule has 0 radical (unpaired) electrons. The van der Waals surface area contributed by atoms with Crippen molar-refractivity contribution in [3.63, 3.8) is 0 Å². The van der Waals surface area contributed by atoms with Crippen LogP contribution in [0.3, 0.4) is 0 Å². The Kier molecular flexibility index (Phi) is 5.11. The molecular weight excluding hydrogens is 223 g/mol. The standard InChI is InChI=1S/C12H13FN2O2/c1-2-17-12(16)8-15-11(7-14)9-5-3-4-6-10(9)13/h3-6,11,15H,2,8H2,1H3. The van der Waals surface area contributed by atoms with Crippen molar-refractivity contribution in [2.24, 2.45) is 0 Å². The van der Waals surface area contributed by atoms with Crippen LogP contribution < -0.4 is 5.32 Å². The number of rotatable bonds is 5. The largest absolute Gasteiger partial charge is 0.465 e. The van der Waals surface area contributed by atoms with Gasteiger partial charge in [0.2, 0.25) is 0 Å². The Bertz CT molecular complexity index is 429. The first kappa shape index (κ1) is 13.1. The van der Waals surface area contributed by atoms with Gasteiger partial charge < -0.3 is 4.74 Å². The number of carbonyl (C=O) groups is 1. The number of carbonyl (C=O) groups excluding carboxylic acids is 1. The quantitative estimate of drug-likeness (QED) is 0.788. The predicted molar refractivity (Wildman–Crippen MR) is 59.4 cm³/mol. The molecule has 0 aliphatic carbocycles. The highest BCUT2D eigenvalue weighted by Crippen LogP contribution is 2.15. The van der Waals surface area contributed by atoms with Gasteiger partial charge in [-0.1, -0.05) is 18.2 Å². The molecule has 0 aliphatic rings. The van der Waals surface area contributed by atoms with Crippen molar-refractivity contribution in [1.82, 2.24) is 5.32 Å². The van der Waals surface area contributed by atoms with E-state index in [4.69, 9.17) is 10.00 Å². The van der Waals surface area contributed by atoms with Crippen LogP contribution >= 0.6 is 0 Å². The summed E-state index contributed by atoms with van der Waals surface area (Å²) in [4.78, 5) is 11.1. The van der Waals surface area contributed by atoms with Crippen LogP contribution in [0.5, 0.6) is 0 Å². The van der Waals surface area contributed by atoms with Crippen LogP contribution in [-0.4, -0.2) is 19.1 Å². The van der Waals surface area contributed by atoms with Crippen LogP contribution in [0, 0.1) is 17.1 Å². The number of ether oxygens (including phenoxy) is 1. The minimum atomic E-state index is -0.861. The molecule has 5 heteroatoms. The second kappa shape index (κ2) is 6.61. The number of benzene rings is 1. The summed E-state index contributed by atoms with van der Waals surface area (Å²) in [6, 6.07) is 6.98. The molecule has 0 heterocycles. The van der Waals surface area contributed by atoms with Gasteiger partial charge in [-0.3, -0.25) is 10.1 Å². The fourth-order valence-electron chi connectivity index (χ4n) is 1.33. The first-order valence-electron chi connectivity index (χ1n) is 5.22. The third kappa shape index (κ3) is 3.85. The molecule has 90 valence electrons. The van der Waals surface area contributed by atoms with E-state index in [0.29, 0.717) is 0 Å². The molecule has 17 heavy (non-hydrogen) atoms. The van der Waals surface area contributed by atoms with E-state index in [2.05, 4.69) is 5.32 Å². The molecule has 1 N–H and O–H groups in total. The van der Waals surface area contributed by atoms with Gasteiger partial charge in [0.15, 0.2) is 0 Å². The Hall–Kier alpha value is -1.93. The van der Waals surface area contributed by atoms with E-state index in [-0.39, 0.29) is 18.7 Å². The first-order chi connectivity index (χ1) is 8.19. The van der Waals surface area contributed by atoms with Crippen LogP contribution in [0.1, 0.15) is 18.5 Å². The molecule has 0 fully saturated rings. The van der Waals surface area contributed by atoms with Crippen molar-refractivity contribution in [3.8, 4) is 6.07 Å². The van der Waals surface area contributed by atoms with E-state index in [0.717, 1.165) is 0 Å². The van der Waals surface area contributed by atoms with Gasteiger partial charge in [0, 0.05) is 5.56 Å². The minimum absolute atomic E-state index is 0.125. The Morgan fingerprint density at radius 2 is 2.29 bits per heavy atom. The molecule has 0 aromatic heterocycles. The summed E-state index contributed by atoms with van der Waals surface area (Å²) in [5.74, 6) is -0.945. The van der Waals surface area contributed by atoms with Gasteiger partial charge in [0.25, 0.3) is 0 Å². The maximum atomic E-state index is 13.4. The summed E-state index contributed by atoms with van der Waals surface area (Å²) in [7, 11) is 0. The maximum Gasteiger partial charge on any atom is 0.319 e.